The Morgan fingerprint density at radius 2 is 2.23 bits per heavy atom. The zero-order chi connectivity index (χ0) is 15.5. The van der Waals surface area contributed by atoms with Crippen LogP contribution in [-0.4, -0.2) is 29.5 Å². The largest absolute Gasteiger partial charge is 0.433 e. The summed E-state index contributed by atoms with van der Waals surface area (Å²) in [6, 6.07) is 9.29. The average molecular weight is 306 g/mol. The first-order valence-electron chi connectivity index (χ1n) is 6.94. The minimum absolute atomic E-state index is 0.214. The molecular formula is C15H15FN2O4. The molecule has 0 amide bonds. The Morgan fingerprint density at radius 3 is 2.95 bits per heavy atom. The zero-order valence-electron chi connectivity index (χ0n) is 11.8. The van der Waals surface area contributed by atoms with Crippen molar-refractivity contribution in [2.75, 3.05) is 19.7 Å². The van der Waals surface area contributed by atoms with Gasteiger partial charge in [-0.1, -0.05) is 12.1 Å². The van der Waals surface area contributed by atoms with Crippen LogP contribution in [0.25, 0.3) is 0 Å². The summed E-state index contributed by atoms with van der Waals surface area (Å²) in [6.45, 7) is 2.26. The van der Waals surface area contributed by atoms with Crippen molar-refractivity contribution in [2.24, 2.45) is 0 Å². The van der Waals surface area contributed by atoms with Crippen molar-refractivity contribution in [1.82, 2.24) is 4.90 Å². The van der Waals surface area contributed by atoms with Crippen molar-refractivity contribution in [3.63, 3.8) is 0 Å². The summed E-state index contributed by atoms with van der Waals surface area (Å²) < 4.78 is 24.1. The van der Waals surface area contributed by atoms with Crippen molar-refractivity contribution in [1.29, 1.82) is 0 Å². The average Bonchev–Trinajstić information content (AvgIpc) is 2.96. The molecule has 1 aliphatic heterocycles. The van der Waals surface area contributed by atoms with E-state index in [4.69, 9.17) is 9.15 Å². The normalized spacial score (nSPS) is 19.2. The summed E-state index contributed by atoms with van der Waals surface area (Å²) in [5.74, 6) is -0.0172. The number of hydrogen-bond donors (Lipinski definition) is 0. The van der Waals surface area contributed by atoms with E-state index < -0.39 is 4.92 Å². The van der Waals surface area contributed by atoms with E-state index in [1.54, 1.807) is 12.1 Å². The SMILES string of the molecule is O=[N+]([O-])c1ccc(CN2CCOC(c3cccc(F)c3)C2)o1. The van der Waals surface area contributed by atoms with Crippen LogP contribution in [0.5, 0.6) is 0 Å². The van der Waals surface area contributed by atoms with Crippen LogP contribution in [0.3, 0.4) is 0 Å². The van der Waals surface area contributed by atoms with Gasteiger partial charge in [0.25, 0.3) is 0 Å². The van der Waals surface area contributed by atoms with Crippen LogP contribution >= 0.6 is 0 Å². The molecule has 1 aromatic carbocycles. The summed E-state index contributed by atoms with van der Waals surface area (Å²) in [4.78, 5) is 12.1. The molecule has 0 N–H and O–H groups in total. The van der Waals surface area contributed by atoms with E-state index in [0.29, 0.717) is 32.0 Å². The fraction of sp³-hybridized carbons (Fsp3) is 0.333. The van der Waals surface area contributed by atoms with Crippen molar-refractivity contribution < 1.29 is 18.5 Å². The quantitative estimate of drug-likeness (QED) is 0.641. The maximum absolute atomic E-state index is 13.3. The van der Waals surface area contributed by atoms with Crippen molar-refractivity contribution in [3.05, 3.63) is 63.7 Å². The molecule has 7 heteroatoms. The highest BCUT2D eigenvalue weighted by Crippen LogP contribution is 2.25. The molecule has 1 saturated heterocycles. The summed E-state index contributed by atoms with van der Waals surface area (Å²) in [7, 11) is 0. The van der Waals surface area contributed by atoms with Gasteiger partial charge in [-0.2, -0.15) is 0 Å². The second-order valence-corrected chi connectivity index (χ2v) is 5.15. The Labute approximate surface area is 126 Å². The standard InChI is InChI=1S/C15H15FN2O4/c16-12-3-1-2-11(8-12)14-10-17(6-7-21-14)9-13-4-5-15(22-13)18(19)20/h1-5,8,14H,6-7,9-10H2. The molecule has 22 heavy (non-hydrogen) atoms. The number of benzene rings is 1. The number of nitrogens with zero attached hydrogens (tertiary/aromatic N) is 2. The maximum atomic E-state index is 13.3. The lowest BCUT2D eigenvalue weighted by Gasteiger charge is -2.32. The van der Waals surface area contributed by atoms with E-state index in [2.05, 4.69) is 4.90 Å². The van der Waals surface area contributed by atoms with Crippen LogP contribution in [0.2, 0.25) is 0 Å². The molecule has 1 unspecified atom stereocenters. The lowest BCUT2D eigenvalue weighted by Crippen LogP contribution is -2.37. The minimum Gasteiger partial charge on any atom is -0.404 e. The Balaban J connectivity index is 1.66. The van der Waals surface area contributed by atoms with Crippen LogP contribution in [0, 0.1) is 15.9 Å². The van der Waals surface area contributed by atoms with E-state index in [0.717, 1.165) is 5.56 Å². The molecule has 6 nitrogen and oxygen atoms in total. The molecule has 0 bridgehead atoms. The minimum atomic E-state index is -0.557. The molecule has 0 radical (unpaired) electrons. The predicted octanol–water partition coefficient (Wildman–Crippen LogP) is 2.90. The Bertz CT molecular complexity index is 673. The van der Waals surface area contributed by atoms with Gasteiger partial charge >= 0.3 is 5.88 Å². The topological polar surface area (TPSA) is 68.8 Å². The van der Waals surface area contributed by atoms with Gasteiger partial charge < -0.3 is 9.15 Å². The molecule has 0 saturated carbocycles. The molecule has 0 aliphatic carbocycles. The van der Waals surface area contributed by atoms with Crippen LogP contribution < -0.4 is 0 Å². The van der Waals surface area contributed by atoms with Gasteiger partial charge in [0, 0.05) is 13.1 Å². The fourth-order valence-electron chi connectivity index (χ4n) is 2.52. The van der Waals surface area contributed by atoms with Gasteiger partial charge in [0.2, 0.25) is 0 Å². The Morgan fingerprint density at radius 1 is 1.36 bits per heavy atom. The number of halogens is 1. The third kappa shape index (κ3) is 3.32. The summed E-state index contributed by atoms with van der Waals surface area (Å²) in [5, 5.41) is 10.6. The number of rotatable bonds is 4. The predicted molar refractivity (Wildman–Crippen MR) is 75.7 cm³/mol. The lowest BCUT2D eigenvalue weighted by molar-refractivity contribution is -0.402. The van der Waals surface area contributed by atoms with Crippen molar-refractivity contribution in [3.8, 4) is 0 Å². The molecule has 3 rings (SSSR count). The van der Waals surface area contributed by atoms with E-state index in [1.807, 2.05) is 6.07 Å². The monoisotopic (exact) mass is 306 g/mol. The second-order valence-electron chi connectivity index (χ2n) is 5.15. The molecule has 1 fully saturated rings. The summed E-state index contributed by atoms with van der Waals surface area (Å²) >= 11 is 0. The first kappa shape index (κ1) is 14.7. The molecule has 1 aliphatic rings. The van der Waals surface area contributed by atoms with Gasteiger partial charge in [0.15, 0.2) is 0 Å². The number of ether oxygens (including phenoxy) is 1. The van der Waals surface area contributed by atoms with Gasteiger partial charge in [-0.15, -0.1) is 0 Å². The van der Waals surface area contributed by atoms with Gasteiger partial charge in [-0.25, -0.2) is 4.39 Å². The summed E-state index contributed by atoms with van der Waals surface area (Å²) in [6.07, 6.45) is -0.214. The molecule has 2 heterocycles. The first-order valence-corrected chi connectivity index (χ1v) is 6.94. The van der Waals surface area contributed by atoms with Gasteiger partial charge in [0.1, 0.15) is 16.5 Å². The number of nitro groups is 1. The highest BCUT2D eigenvalue weighted by molar-refractivity contribution is 5.20. The fourth-order valence-corrected chi connectivity index (χ4v) is 2.52. The molecular weight excluding hydrogens is 291 g/mol. The van der Waals surface area contributed by atoms with E-state index >= 15 is 0 Å². The first-order chi connectivity index (χ1) is 10.6. The summed E-state index contributed by atoms with van der Waals surface area (Å²) in [5.41, 5.74) is 0.787. The molecule has 2 aromatic rings. The van der Waals surface area contributed by atoms with Crippen molar-refractivity contribution in [2.45, 2.75) is 12.6 Å². The van der Waals surface area contributed by atoms with Crippen molar-refractivity contribution >= 4 is 5.88 Å². The molecule has 1 atom stereocenters. The van der Waals surface area contributed by atoms with Crippen LogP contribution in [0.15, 0.2) is 40.8 Å². The lowest BCUT2D eigenvalue weighted by atomic mass is 10.1. The molecule has 0 spiro atoms. The highest BCUT2D eigenvalue weighted by Gasteiger charge is 2.23. The Hall–Kier alpha value is -2.25. The number of furan rings is 1. The van der Waals surface area contributed by atoms with Gasteiger partial charge in [-0.05, 0) is 23.8 Å². The van der Waals surface area contributed by atoms with E-state index in [-0.39, 0.29) is 17.8 Å². The van der Waals surface area contributed by atoms with E-state index in [1.165, 1.54) is 18.2 Å². The molecule has 116 valence electrons. The second kappa shape index (κ2) is 6.25. The van der Waals surface area contributed by atoms with Crippen LogP contribution in [0.1, 0.15) is 17.4 Å². The zero-order valence-corrected chi connectivity index (χ0v) is 11.8. The van der Waals surface area contributed by atoms with Gasteiger partial charge in [0.05, 0.1) is 25.3 Å². The van der Waals surface area contributed by atoms with Gasteiger partial charge in [-0.3, -0.25) is 15.0 Å². The number of hydrogen-bond acceptors (Lipinski definition) is 5. The Kier molecular flexibility index (Phi) is 4.17. The molecule has 1 aromatic heterocycles. The number of morpholine rings is 1. The smallest absolute Gasteiger partial charge is 0.404 e. The maximum Gasteiger partial charge on any atom is 0.433 e. The van der Waals surface area contributed by atoms with Crippen LogP contribution in [-0.2, 0) is 11.3 Å². The van der Waals surface area contributed by atoms with Crippen LogP contribution in [0.4, 0.5) is 10.3 Å². The van der Waals surface area contributed by atoms with E-state index in [9.17, 15) is 14.5 Å². The third-order valence-electron chi connectivity index (χ3n) is 3.58. The third-order valence-corrected chi connectivity index (χ3v) is 3.58. The highest BCUT2D eigenvalue weighted by atomic mass is 19.1.